The van der Waals surface area contributed by atoms with Gasteiger partial charge in [0.2, 0.25) is 0 Å². The van der Waals surface area contributed by atoms with Crippen LogP contribution < -0.4 is 20.3 Å². The van der Waals surface area contributed by atoms with Crippen LogP contribution in [0.25, 0.3) is 0 Å². The van der Waals surface area contributed by atoms with E-state index in [1.807, 2.05) is 19.2 Å². The molecular formula is C22H36N4O3. The Hall–Kier alpha value is -1.99. The molecule has 2 atom stereocenters. The van der Waals surface area contributed by atoms with E-state index in [4.69, 9.17) is 14.2 Å². The molecule has 0 spiro atoms. The summed E-state index contributed by atoms with van der Waals surface area (Å²) in [5.41, 5.74) is 1.18. The first-order valence-corrected chi connectivity index (χ1v) is 10.8. The Balaban J connectivity index is 1.29. The SMILES string of the molecule is CN=C(NCCCOCC1CCCO1)NCC1CCN(c2ccccc2OC)C1. The highest BCUT2D eigenvalue weighted by Crippen LogP contribution is 2.31. The van der Waals surface area contributed by atoms with Crippen molar-refractivity contribution in [2.75, 3.05) is 65.1 Å². The van der Waals surface area contributed by atoms with Crippen LogP contribution in [0.5, 0.6) is 5.75 Å². The predicted molar refractivity (Wildman–Crippen MR) is 117 cm³/mol. The van der Waals surface area contributed by atoms with Gasteiger partial charge in [0.1, 0.15) is 5.75 Å². The lowest BCUT2D eigenvalue weighted by atomic mass is 10.1. The summed E-state index contributed by atoms with van der Waals surface area (Å²) < 4.78 is 16.8. The summed E-state index contributed by atoms with van der Waals surface area (Å²) in [6.45, 7) is 6.21. The summed E-state index contributed by atoms with van der Waals surface area (Å²) >= 11 is 0. The van der Waals surface area contributed by atoms with E-state index in [1.165, 1.54) is 12.1 Å². The van der Waals surface area contributed by atoms with Crippen LogP contribution in [0, 0.1) is 5.92 Å². The molecule has 2 fully saturated rings. The maximum absolute atomic E-state index is 5.71. The van der Waals surface area contributed by atoms with Gasteiger partial charge in [0, 0.05) is 46.4 Å². The van der Waals surface area contributed by atoms with E-state index < -0.39 is 0 Å². The Kier molecular flexibility index (Phi) is 8.89. The van der Waals surface area contributed by atoms with Gasteiger partial charge in [0.25, 0.3) is 0 Å². The van der Waals surface area contributed by atoms with Gasteiger partial charge < -0.3 is 29.7 Å². The Morgan fingerprint density at radius 3 is 2.97 bits per heavy atom. The third-order valence-electron chi connectivity index (χ3n) is 5.58. The second-order valence-electron chi connectivity index (χ2n) is 7.72. The summed E-state index contributed by atoms with van der Waals surface area (Å²) in [6.07, 6.45) is 4.72. The molecule has 1 aromatic rings. The van der Waals surface area contributed by atoms with Crippen LogP contribution in [-0.2, 0) is 9.47 Å². The van der Waals surface area contributed by atoms with Crippen LogP contribution in [0.3, 0.4) is 0 Å². The fourth-order valence-corrected chi connectivity index (χ4v) is 3.94. The van der Waals surface area contributed by atoms with Crippen molar-refractivity contribution in [1.29, 1.82) is 0 Å². The fraction of sp³-hybridized carbons (Fsp3) is 0.682. The van der Waals surface area contributed by atoms with Crippen molar-refractivity contribution in [2.24, 2.45) is 10.9 Å². The number of methoxy groups -OCH3 is 1. The molecule has 2 heterocycles. The Morgan fingerprint density at radius 2 is 2.17 bits per heavy atom. The molecule has 2 aliphatic heterocycles. The predicted octanol–water partition coefficient (Wildman–Crippen LogP) is 2.27. The smallest absolute Gasteiger partial charge is 0.190 e. The number of anilines is 1. The van der Waals surface area contributed by atoms with E-state index in [0.717, 1.165) is 77.0 Å². The number of nitrogens with zero attached hydrogens (tertiary/aromatic N) is 2. The first kappa shape index (κ1) is 21.7. The molecule has 0 aromatic heterocycles. The molecule has 0 radical (unpaired) electrons. The van der Waals surface area contributed by atoms with Crippen LogP contribution in [0.15, 0.2) is 29.3 Å². The molecule has 29 heavy (non-hydrogen) atoms. The van der Waals surface area contributed by atoms with Gasteiger partial charge in [0.15, 0.2) is 5.96 Å². The molecule has 0 aliphatic carbocycles. The van der Waals surface area contributed by atoms with Crippen molar-refractivity contribution >= 4 is 11.6 Å². The zero-order valence-corrected chi connectivity index (χ0v) is 17.9. The molecule has 0 saturated carbocycles. The van der Waals surface area contributed by atoms with Gasteiger partial charge in [-0.2, -0.15) is 0 Å². The van der Waals surface area contributed by atoms with E-state index in [0.29, 0.717) is 12.0 Å². The molecule has 1 aromatic carbocycles. The first-order chi connectivity index (χ1) is 14.3. The van der Waals surface area contributed by atoms with Crippen molar-refractivity contribution < 1.29 is 14.2 Å². The molecule has 0 amide bonds. The highest BCUT2D eigenvalue weighted by atomic mass is 16.5. The maximum Gasteiger partial charge on any atom is 0.190 e. The summed E-state index contributed by atoms with van der Waals surface area (Å²) in [4.78, 5) is 6.74. The van der Waals surface area contributed by atoms with Crippen molar-refractivity contribution in [3.05, 3.63) is 24.3 Å². The number of hydrogen-bond acceptors (Lipinski definition) is 5. The van der Waals surface area contributed by atoms with Crippen molar-refractivity contribution in [3.63, 3.8) is 0 Å². The number of aliphatic imine (C=N–C) groups is 1. The van der Waals surface area contributed by atoms with Gasteiger partial charge in [-0.1, -0.05) is 12.1 Å². The molecule has 2 N–H and O–H groups in total. The summed E-state index contributed by atoms with van der Waals surface area (Å²) in [5, 5.41) is 6.84. The van der Waals surface area contributed by atoms with Crippen LogP contribution in [0.1, 0.15) is 25.7 Å². The van der Waals surface area contributed by atoms with Gasteiger partial charge in [-0.3, -0.25) is 4.99 Å². The minimum atomic E-state index is 0.305. The average Bonchev–Trinajstić information content (AvgIpc) is 3.45. The summed E-state index contributed by atoms with van der Waals surface area (Å²) in [7, 11) is 3.55. The van der Waals surface area contributed by atoms with E-state index in [9.17, 15) is 0 Å². The largest absolute Gasteiger partial charge is 0.495 e. The standard InChI is InChI=1S/C22H36N4O3/c1-23-22(24-11-6-13-28-17-19-7-5-14-29-19)25-15-18-10-12-26(16-18)20-8-3-4-9-21(20)27-2/h3-4,8-9,18-19H,5-7,10-17H2,1-2H3,(H2,23,24,25). The van der Waals surface area contributed by atoms with E-state index >= 15 is 0 Å². The number of para-hydroxylation sites is 2. The van der Waals surface area contributed by atoms with Crippen molar-refractivity contribution in [2.45, 2.75) is 31.8 Å². The second kappa shape index (κ2) is 11.9. The molecule has 2 unspecified atom stereocenters. The highest BCUT2D eigenvalue weighted by molar-refractivity contribution is 5.79. The van der Waals surface area contributed by atoms with Crippen LogP contribution in [0.2, 0.25) is 0 Å². The zero-order valence-electron chi connectivity index (χ0n) is 17.9. The van der Waals surface area contributed by atoms with Gasteiger partial charge in [-0.25, -0.2) is 0 Å². The topological polar surface area (TPSA) is 67.4 Å². The molecular weight excluding hydrogens is 368 g/mol. The Bertz CT molecular complexity index is 634. The van der Waals surface area contributed by atoms with Gasteiger partial charge >= 0.3 is 0 Å². The minimum absolute atomic E-state index is 0.305. The van der Waals surface area contributed by atoms with Gasteiger partial charge in [-0.05, 0) is 43.7 Å². The number of hydrogen-bond donors (Lipinski definition) is 2. The monoisotopic (exact) mass is 404 g/mol. The quantitative estimate of drug-likeness (QED) is 0.354. The Labute approximate surface area is 174 Å². The number of nitrogens with one attached hydrogen (secondary N) is 2. The lowest BCUT2D eigenvalue weighted by Crippen LogP contribution is -2.40. The van der Waals surface area contributed by atoms with Crippen molar-refractivity contribution in [1.82, 2.24) is 10.6 Å². The lowest BCUT2D eigenvalue weighted by Gasteiger charge is -2.21. The maximum atomic E-state index is 5.71. The Morgan fingerprint density at radius 1 is 1.28 bits per heavy atom. The molecule has 2 saturated heterocycles. The molecule has 3 rings (SSSR count). The summed E-state index contributed by atoms with van der Waals surface area (Å²) in [6, 6.07) is 8.24. The highest BCUT2D eigenvalue weighted by Gasteiger charge is 2.24. The molecule has 7 heteroatoms. The zero-order chi connectivity index (χ0) is 20.3. The number of ether oxygens (including phenoxy) is 3. The van der Waals surface area contributed by atoms with Crippen LogP contribution >= 0.6 is 0 Å². The number of guanidine groups is 1. The van der Waals surface area contributed by atoms with Crippen molar-refractivity contribution in [3.8, 4) is 5.75 Å². The number of rotatable bonds is 10. The average molecular weight is 405 g/mol. The third-order valence-corrected chi connectivity index (χ3v) is 5.58. The van der Waals surface area contributed by atoms with E-state index in [-0.39, 0.29) is 0 Å². The van der Waals surface area contributed by atoms with Crippen LogP contribution in [0.4, 0.5) is 5.69 Å². The van der Waals surface area contributed by atoms with Crippen LogP contribution in [-0.4, -0.2) is 72.2 Å². The van der Waals surface area contributed by atoms with E-state index in [2.05, 4.69) is 32.7 Å². The minimum Gasteiger partial charge on any atom is -0.495 e. The normalized spacial score (nSPS) is 22.1. The molecule has 7 nitrogen and oxygen atoms in total. The summed E-state index contributed by atoms with van der Waals surface area (Å²) in [5.74, 6) is 2.40. The van der Waals surface area contributed by atoms with E-state index in [1.54, 1.807) is 7.11 Å². The lowest BCUT2D eigenvalue weighted by molar-refractivity contribution is 0.0168. The third kappa shape index (κ3) is 6.78. The first-order valence-electron chi connectivity index (χ1n) is 10.8. The molecule has 162 valence electrons. The molecule has 0 bridgehead atoms. The fourth-order valence-electron chi connectivity index (χ4n) is 3.94. The molecule has 2 aliphatic rings. The second-order valence-corrected chi connectivity index (χ2v) is 7.72. The number of benzene rings is 1. The van der Waals surface area contributed by atoms with Gasteiger partial charge in [-0.15, -0.1) is 0 Å². The van der Waals surface area contributed by atoms with Gasteiger partial charge in [0.05, 0.1) is 25.5 Å².